The average molecular weight is 579 g/mol. The van der Waals surface area contributed by atoms with Gasteiger partial charge in [-0.15, -0.1) is 0 Å². The Bertz CT molecular complexity index is 1280. The minimum absolute atomic E-state index is 0.0181. The smallest absolute Gasteiger partial charge is 0.432 e. The molecule has 0 amide bonds. The van der Waals surface area contributed by atoms with Crippen molar-refractivity contribution in [3.63, 3.8) is 0 Å². The van der Waals surface area contributed by atoms with Crippen LogP contribution in [-0.4, -0.2) is 48.9 Å². The molecule has 1 saturated heterocycles. The highest BCUT2D eigenvalue weighted by molar-refractivity contribution is 8.33. The Morgan fingerprint density at radius 2 is 1.66 bits per heavy atom. The molecule has 0 radical (unpaired) electrons. The van der Waals surface area contributed by atoms with Crippen molar-refractivity contribution in [3.8, 4) is 5.75 Å². The van der Waals surface area contributed by atoms with Crippen molar-refractivity contribution in [1.82, 2.24) is 0 Å². The predicted molar refractivity (Wildman–Crippen MR) is 139 cm³/mol. The number of alkyl halides is 4. The van der Waals surface area contributed by atoms with E-state index in [0.29, 0.717) is 40.9 Å². The van der Waals surface area contributed by atoms with Crippen molar-refractivity contribution in [2.45, 2.75) is 74.0 Å². The third-order valence-electron chi connectivity index (χ3n) is 8.41. The Hall–Kier alpha value is -1.56. The fourth-order valence-corrected chi connectivity index (χ4v) is 12.3. The molecule has 1 heterocycles. The number of hydrogen-bond acceptors (Lipinski definition) is 5. The first kappa shape index (κ1) is 28.0. The van der Waals surface area contributed by atoms with Crippen molar-refractivity contribution in [3.05, 3.63) is 36.4 Å². The molecule has 4 unspecified atom stereocenters. The predicted octanol–water partition coefficient (Wildman–Crippen LogP) is 6.87. The van der Waals surface area contributed by atoms with Crippen LogP contribution in [0.2, 0.25) is 0 Å². The van der Waals surface area contributed by atoms with Crippen LogP contribution in [0.25, 0.3) is 10.8 Å². The van der Waals surface area contributed by atoms with Crippen molar-refractivity contribution in [1.29, 1.82) is 0 Å². The topological polar surface area (TPSA) is 72.8 Å². The van der Waals surface area contributed by atoms with Gasteiger partial charge in [-0.25, -0.2) is 3.63 Å². The number of benzene rings is 2. The molecule has 0 spiro atoms. The Labute approximate surface area is 222 Å². The lowest BCUT2D eigenvalue weighted by Gasteiger charge is -2.39. The summed E-state index contributed by atoms with van der Waals surface area (Å²) in [6.07, 6.45) is 1.92. The molecule has 1 aliphatic heterocycles. The molecule has 5 nitrogen and oxygen atoms in total. The van der Waals surface area contributed by atoms with E-state index in [0.717, 1.165) is 12.8 Å². The molecule has 4 atom stereocenters. The summed E-state index contributed by atoms with van der Waals surface area (Å²) in [4.78, 5) is 0.458. The summed E-state index contributed by atoms with van der Waals surface area (Å²) in [5.41, 5.74) is 0. The van der Waals surface area contributed by atoms with Crippen LogP contribution >= 0.6 is 10.3 Å². The molecule has 2 saturated carbocycles. The summed E-state index contributed by atoms with van der Waals surface area (Å²) < 4.78 is 99.1. The number of unbranched alkanes of at least 4 members (excludes halogenated alkanes) is 1. The Morgan fingerprint density at radius 1 is 0.974 bits per heavy atom. The second-order valence-electron chi connectivity index (χ2n) is 10.8. The number of aliphatic hydroxyl groups excluding tert-OH is 1. The van der Waals surface area contributed by atoms with Crippen LogP contribution in [0.4, 0.5) is 17.6 Å². The summed E-state index contributed by atoms with van der Waals surface area (Å²) in [5, 5.41) is 5.81. The number of halogens is 4. The van der Waals surface area contributed by atoms with E-state index in [1.807, 2.05) is 13.0 Å². The first-order valence-corrected chi connectivity index (χ1v) is 16.6. The minimum Gasteiger partial charge on any atom is -0.493 e. The molecule has 0 aromatic heterocycles. The largest absolute Gasteiger partial charge is 0.493 e. The van der Waals surface area contributed by atoms with E-state index in [2.05, 4.69) is 0 Å². The molecule has 2 aromatic rings. The molecule has 2 aromatic carbocycles. The van der Waals surface area contributed by atoms with Crippen LogP contribution in [0.3, 0.4) is 0 Å². The maximum atomic E-state index is 15.4. The molecule has 11 heteroatoms. The van der Waals surface area contributed by atoms with Gasteiger partial charge in [-0.1, -0.05) is 47.9 Å². The number of ether oxygens (including phenoxy) is 1. The van der Waals surface area contributed by atoms with E-state index in [-0.39, 0.29) is 30.8 Å². The monoisotopic (exact) mass is 578 g/mol. The zero-order valence-electron chi connectivity index (χ0n) is 21.3. The van der Waals surface area contributed by atoms with Crippen LogP contribution in [0, 0.1) is 17.8 Å². The van der Waals surface area contributed by atoms with Crippen LogP contribution in [0.1, 0.15) is 51.9 Å². The maximum Gasteiger partial charge on any atom is 0.432 e. The third kappa shape index (κ3) is 4.51. The number of rotatable bonds is 10. The number of aliphatic hydroxyl groups is 1. The minimum atomic E-state index is -6.01. The lowest BCUT2D eigenvalue weighted by atomic mass is 9.83. The second-order valence-corrected chi connectivity index (χ2v) is 15.6. The molecular formula is C27H34F4O5S2. The van der Waals surface area contributed by atoms with Gasteiger partial charge in [0, 0.05) is 27.7 Å². The van der Waals surface area contributed by atoms with Gasteiger partial charge in [0.15, 0.2) is 0 Å². The maximum absolute atomic E-state index is 15.4. The van der Waals surface area contributed by atoms with Crippen LogP contribution in [0.5, 0.6) is 5.75 Å². The summed E-state index contributed by atoms with van der Waals surface area (Å²) in [7, 11) is -8.86. The zero-order valence-corrected chi connectivity index (χ0v) is 22.9. The Kier molecular flexibility index (Phi) is 7.46. The van der Waals surface area contributed by atoms with E-state index >= 15 is 17.6 Å². The lowest BCUT2D eigenvalue weighted by molar-refractivity contribution is -0.204. The summed E-state index contributed by atoms with van der Waals surface area (Å²) >= 11 is 0. The summed E-state index contributed by atoms with van der Waals surface area (Å²) in [5.74, 6) is -7.02. The second kappa shape index (κ2) is 10.1. The molecular weight excluding hydrogens is 544 g/mol. The number of hydrogen-bond donors (Lipinski definition) is 1. The van der Waals surface area contributed by atoms with Gasteiger partial charge < -0.3 is 9.84 Å². The van der Waals surface area contributed by atoms with Gasteiger partial charge in [-0.3, -0.25) is 0 Å². The molecule has 3 fully saturated rings. The summed E-state index contributed by atoms with van der Waals surface area (Å²) in [6, 6.07) is 10.5. The highest BCUT2D eigenvalue weighted by Crippen LogP contribution is 2.67. The Balaban J connectivity index is 1.49. The standard InChI is InChI=1S/C27H34F4O5S2/c1-2-3-12-35-24-10-11-25(21-9-5-4-8-20(21)24)37(13-6-7-14-37)36-38(33,34)27(30,31)26(28,29)22-16-19-15-18(22)17-23(19)32/h4-5,8-11,18-19,22-23,32H,2-3,6-7,12-17H2,1H3. The van der Waals surface area contributed by atoms with Gasteiger partial charge in [-0.2, -0.15) is 26.0 Å². The highest BCUT2D eigenvalue weighted by Gasteiger charge is 2.73. The van der Waals surface area contributed by atoms with Gasteiger partial charge in [0.25, 0.3) is 0 Å². The van der Waals surface area contributed by atoms with E-state index in [1.54, 1.807) is 30.3 Å². The van der Waals surface area contributed by atoms with Crippen LogP contribution < -0.4 is 4.74 Å². The fraction of sp³-hybridized carbons (Fsp3) is 0.630. The van der Waals surface area contributed by atoms with Crippen LogP contribution in [0.15, 0.2) is 41.3 Å². The molecule has 2 aliphatic carbocycles. The average Bonchev–Trinajstić information content (AvgIpc) is 3.60. The molecule has 2 bridgehead atoms. The van der Waals surface area contributed by atoms with Gasteiger partial charge >= 0.3 is 21.3 Å². The van der Waals surface area contributed by atoms with Crippen LogP contribution in [-0.2, 0) is 13.7 Å². The van der Waals surface area contributed by atoms with E-state index in [1.165, 1.54) is 0 Å². The van der Waals surface area contributed by atoms with Crippen molar-refractivity contribution < 1.29 is 39.5 Å². The van der Waals surface area contributed by atoms with Gasteiger partial charge in [0.2, 0.25) is 0 Å². The molecule has 5 rings (SSSR count). The lowest BCUT2D eigenvalue weighted by Crippen LogP contribution is -2.54. The normalized spacial score (nSPS) is 28.2. The van der Waals surface area contributed by atoms with E-state index < -0.39 is 55.5 Å². The van der Waals surface area contributed by atoms with Crippen molar-refractivity contribution >= 4 is 31.2 Å². The summed E-state index contributed by atoms with van der Waals surface area (Å²) in [6.45, 7) is 2.53. The van der Waals surface area contributed by atoms with Gasteiger partial charge in [-0.05, 0) is 67.9 Å². The quantitative estimate of drug-likeness (QED) is 0.246. The molecule has 3 aliphatic rings. The van der Waals surface area contributed by atoms with E-state index in [4.69, 9.17) is 8.37 Å². The molecule has 38 heavy (non-hydrogen) atoms. The fourth-order valence-electron chi connectivity index (χ4n) is 6.40. The first-order chi connectivity index (χ1) is 17.9. The number of fused-ring (bicyclic) bond motifs is 3. The van der Waals surface area contributed by atoms with E-state index in [9.17, 15) is 13.5 Å². The third-order valence-corrected chi connectivity index (χ3v) is 14.1. The molecule has 1 N–H and O–H groups in total. The zero-order chi connectivity index (χ0) is 27.3. The Morgan fingerprint density at radius 3 is 2.26 bits per heavy atom. The highest BCUT2D eigenvalue weighted by atomic mass is 32.3. The van der Waals surface area contributed by atoms with Crippen molar-refractivity contribution in [2.75, 3.05) is 18.1 Å². The van der Waals surface area contributed by atoms with Gasteiger partial charge in [0.05, 0.1) is 12.7 Å². The van der Waals surface area contributed by atoms with Crippen molar-refractivity contribution in [2.24, 2.45) is 17.8 Å². The SMILES string of the molecule is CCCCOc1ccc(S2(OS(=O)(=O)C(F)(F)C(F)(F)C3CC4CC3CC4O)CCCC2)c2ccccc12. The first-order valence-electron chi connectivity index (χ1n) is 13.3. The van der Waals surface area contributed by atoms with Gasteiger partial charge in [0.1, 0.15) is 5.75 Å². The molecule has 212 valence electrons.